The number of ether oxygens (including phenoxy) is 2. The van der Waals surface area contributed by atoms with Crippen LogP contribution in [0, 0.1) is 5.92 Å². The van der Waals surface area contributed by atoms with Crippen LogP contribution in [-0.2, 0) is 17.6 Å². The molecular formula is C43H48N4O6. The highest BCUT2D eigenvalue weighted by Gasteiger charge is 2.36. The number of nitrogens with one attached hydrogen (secondary N) is 3. The summed E-state index contributed by atoms with van der Waals surface area (Å²) in [6, 6.07) is 30.7. The number of unbranched alkanes of at least 4 members (excludes halogenated alkanes) is 1. The van der Waals surface area contributed by atoms with Crippen molar-refractivity contribution in [1.29, 1.82) is 0 Å². The number of aromatic hydroxyl groups is 1. The average Bonchev–Trinajstić information content (AvgIpc) is 3.18. The van der Waals surface area contributed by atoms with E-state index in [9.17, 15) is 19.8 Å². The normalized spacial score (nSPS) is 18.5. The maximum atomic E-state index is 13.1. The maximum absolute atomic E-state index is 13.1. The Morgan fingerprint density at radius 1 is 0.906 bits per heavy atom. The van der Waals surface area contributed by atoms with Crippen molar-refractivity contribution in [3.63, 3.8) is 0 Å². The molecule has 1 amide bonds. The number of amides is 1. The van der Waals surface area contributed by atoms with Gasteiger partial charge in [0.05, 0.1) is 23.9 Å². The Balaban J connectivity index is 0.846. The van der Waals surface area contributed by atoms with E-state index in [1.165, 1.54) is 12.1 Å². The van der Waals surface area contributed by atoms with Crippen molar-refractivity contribution in [3.05, 3.63) is 124 Å². The predicted molar refractivity (Wildman–Crippen MR) is 208 cm³/mol. The average molecular weight is 717 g/mol. The number of carbonyl (C=O) groups is 1. The molecule has 53 heavy (non-hydrogen) atoms. The lowest BCUT2D eigenvalue weighted by Gasteiger charge is -2.43. The highest BCUT2D eigenvalue weighted by molar-refractivity contribution is 5.92. The van der Waals surface area contributed by atoms with E-state index in [0.29, 0.717) is 42.1 Å². The summed E-state index contributed by atoms with van der Waals surface area (Å²) in [6.07, 6.45) is 4.46. The number of phenolic OH excluding ortho intramolecular Hbond substituents is 1. The lowest BCUT2D eigenvalue weighted by molar-refractivity contribution is -0.0289. The molecule has 0 saturated carbocycles. The number of hydrogen-bond acceptors (Lipinski definition) is 8. The Kier molecular flexibility index (Phi) is 11.7. The zero-order valence-corrected chi connectivity index (χ0v) is 29.9. The van der Waals surface area contributed by atoms with E-state index < -0.39 is 6.10 Å². The number of pyridine rings is 1. The molecule has 3 aliphatic rings. The number of fused-ring (bicyclic) bond motifs is 4. The van der Waals surface area contributed by atoms with Gasteiger partial charge in [0.1, 0.15) is 17.6 Å². The molecule has 5 aromatic rings. The van der Waals surface area contributed by atoms with Gasteiger partial charge in [-0.3, -0.25) is 15.0 Å². The lowest BCUT2D eigenvalue weighted by Crippen LogP contribution is -2.52. The Hall–Kier alpha value is -5.16. The molecule has 0 spiro atoms. The fraction of sp³-hybridized carbons (Fsp3) is 0.349. The van der Waals surface area contributed by atoms with Crippen LogP contribution in [0.2, 0.25) is 0 Å². The van der Waals surface area contributed by atoms with Crippen LogP contribution in [0.1, 0.15) is 48.5 Å². The smallest absolute Gasteiger partial charge is 0.411 e. The van der Waals surface area contributed by atoms with Gasteiger partial charge >= 0.3 is 6.09 Å². The second kappa shape index (κ2) is 17.1. The first-order chi connectivity index (χ1) is 25.9. The largest absolute Gasteiger partial charge is 0.506 e. The maximum Gasteiger partial charge on any atom is 0.411 e. The third kappa shape index (κ3) is 9.26. The van der Waals surface area contributed by atoms with Crippen LogP contribution >= 0.6 is 0 Å². The molecule has 1 unspecified atom stereocenters. The van der Waals surface area contributed by atoms with E-state index in [4.69, 9.17) is 9.47 Å². The minimum atomic E-state index is -0.796. The summed E-state index contributed by atoms with van der Waals surface area (Å²) in [5.74, 6) is 1.26. The van der Waals surface area contributed by atoms with Gasteiger partial charge in [-0.1, -0.05) is 60.7 Å². The number of aryl methyl sites for hydroxylation is 1. The SMILES string of the molecule is O=C(Nc1cc(CCCCOc2ccc(CCNCC(O)c3ccc(O)c4[nH]c(=O)ccc34)cc2)ccc1-c1ccccc1)O[C@H]1CN2CCC1CC2. The molecule has 4 aromatic carbocycles. The summed E-state index contributed by atoms with van der Waals surface area (Å²) in [6.45, 7) is 4.65. The van der Waals surface area contributed by atoms with E-state index in [0.717, 1.165) is 91.8 Å². The third-order valence-corrected chi connectivity index (χ3v) is 10.5. The molecule has 3 fully saturated rings. The highest BCUT2D eigenvalue weighted by atomic mass is 16.6. The summed E-state index contributed by atoms with van der Waals surface area (Å²) in [5.41, 5.74) is 5.76. The molecule has 1 aromatic heterocycles. The highest BCUT2D eigenvalue weighted by Crippen LogP contribution is 2.33. The van der Waals surface area contributed by atoms with Crippen LogP contribution < -0.4 is 20.9 Å². The van der Waals surface area contributed by atoms with Gasteiger partial charge in [-0.2, -0.15) is 0 Å². The summed E-state index contributed by atoms with van der Waals surface area (Å²) < 4.78 is 12.0. The van der Waals surface area contributed by atoms with E-state index in [2.05, 4.69) is 63.0 Å². The predicted octanol–water partition coefficient (Wildman–Crippen LogP) is 6.81. The van der Waals surface area contributed by atoms with E-state index in [1.807, 2.05) is 30.3 Å². The number of aromatic nitrogens is 1. The zero-order valence-electron chi connectivity index (χ0n) is 29.9. The van der Waals surface area contributed by atoms with Gasteiger partial charge in [0.25, 0.3) is 0 Å². The molecular weight excluding hydrogens is 668 g/mol. The molecule has 2 bridgehead atoms. The van der Waals surface area contributed by atoms with Gasteiger partial charge in [0, 0.05) is 30.1 Å². The summed E-state index contributed by atoms with van der Waals surface area (Å²) in [5, 5.41) is 27.9. The van der Waals surface area contributed by atoms with E-state index >= 15 is 0 Å². The van der Waals surface area contributed by atoms with Crippen LogP contribution in [0.3, 0.4) is 0 Å². The fourth-order valence-corrected chi connectivity index (χ4v) is 7.55. The summed E-state index contributed by atoms with van der Waals surface area (Å²) in [7, 11) is 0. The molecule has 10 nitrogen and oxygen atoms in total. The topological polar surface area (TPSA) is 136 Å². The van der Waals surface area contributed by atoms with E-state index in [-0.39, 0.29) is 23.5 Å². The van der Waals surface area contributed by atoms with E-state index in [1.54, 1.807) is 12.1 Å². The minimum Gasteiger partial charge on any atom is -0.506 e. The number of aromatic amines is 1. The third-order valence-electron chi connectivity index (χ3n) is 10.5. The Labute approximate surface area is 309 Å². The number of benzene rings is 4. The van der Waals surface area contributed by atoms with Crippen molar-refractivity contribution in [2.24, 2.45) is 5.92 Å². The Morgan fingerprint density at radius 3 is 2.47 bits per heavy atom. The fourth-order valence-electron chi connectivity index (χ4n) is 7.55. The van der Waals surface area contributed by atoms with Crippen molar-refractivity contribution in [1.82, 2.24) is 15.2 Å². The van der Waals surface area contributed by atoms with Crippen LogP contribution in [-0.4, -0.2) is 71.6 Å². The standard InChI is InChI=1S/C43H48N4O6/c48-38-17-15-35(36-16-18-41(50)46-42(36)38)39(49)27-44-22-19-29-9-12-33(13-10-29)52-25-5-4-6-30-11-14-34(31-7-2-1-3-8-31)37(26-30)45-43(51)53-40-28-47-23-20-32(40)21-24-47/h1-3,7-18,26,32,39-40,44,48-49H,4-6,19-25,27-28H2,(H,45,51)(H,46,50)/t39?,40-/m0/s1. The van der Waals surface area contributed by atoms with Gasteiger partial charge < -0.3 is 30.0 Å². The van der Waals surface area contributed by atoms with Gasteiger partial charge in [-0.05, 0) is 117 Å². The molecule has 5 N–H and O–H groups in total. The van der Waals surface area contributed by atoms with Crippen LogP contribution in [0.15, 0.2) is 102 Å². The first-order valence-corrected chi connectivity index (χ1v) is 18.7. The molecule has 276 valence electrons. The van der Waals surface area contributed by atoms with Gasteiger partial charge in [-0.15, -0.1) is 0 Å². The minimum absolute atomic E-state index is 0.0265. The molecule has 10 heteroatoms. The number of aliphatic hydroxyl groups is 1. The van der Waals surface area contributed by atoms with Gasteiger partial charge in [-0.25, -0.2) is 4.79 Å². The van der Waals surface area contributed by atoms with Crippen LogP contribution in [0.5, 0.6) is 11.5 Å². The molecule has 3 aliphatic heterocycles. The number of H-pyrrole nitrogens is 1. The van der Waals surface area contributed by atoms with Crippen molar-refractivity contribution < 1.29 is 24.5 Å². The number of rotatable bonds is 15. The molecule has 0 radical (unpaired) electrons. The number of carbonyl (C=O) groups excluding carboxylic acids is 1. The number of nitrogens with zero attached hydrogens (tertiary/aromatic N) is 1. The monoisotopic (exact) mass is 716 g/mol. The Morgan fingerprint density at radius 2 is 1.70 bits per heavy atom. The van der Waals surface area contributed by atoms with Crippen LogP contribution in [0.25, 0.3) is 22.0 Å². The molecule has 4 heterocycles. The number of anilines is 1. The quantitative estimate of drug-likeness (QED) is 0.0746. The van der Waals surface area contributed by atoms with Crippen molar-refractivity contribution in [2.75, 3.05) is 44.6 Å². The van der Waals surface area contributed by atoms with Crippen molar-refractivity contribution in [3.8, 4) is 22.6 Å². The van der Waals surface area contributed by atoms with Gasteiger partial charge in [0.15, 0.2) is 0 Å². The first kappa shape index (κ1) is 36.2. The number of aliphatic hydroxyl groups excluding tert-OH is 1. The number of hydrogen-bond donors (Lipinski definition) is 5. The summed E-state index contributed by atoms with van der Waals surface area (Å²) in [4.78, 5) is 29.8. The second-order valence-corrected chi connectivity index (χ2v) is 14.2. The van der Waals surface area contributed by atoms with Gasteiger partial charge in [0.2, 0.25) is 5.56 Å². The van der Waals surface area contributed by atoms with Crippen molar-refractivity contribution >= 4 is 22.7 Å². The second-order valence-electron chi connectivity index (χ2n) is 14.2. The zero-order chi connectivity index (χ0) is 36.6. The lowest BCUT2D eigenvalue weighted by atomic mass is 9.86. The molecule has 2 atom stereocenters. The Bertz CT molecular complexity index is 2040. The molecule has 0 aliphatic carbocycles. The molecule has 3 saturated heterocycles. The number of phenols is 1. The van der Waals surface area contributed by atoms with Crippen molar-refractivity contribution in [2.45, 2.75) is 50.7 Å². The van der Waals surface area contributed by atoms with Crippen LogP contribution in [0.4, 0.5) is 10.5 Å². The number of piperidine rings is 3. The summed E-state index contributed by atoms with van der Waals surface area (Å²) >= 11 is 0. The molecule has 8 rings (SSSR count). The first-order valence-electron chi connectivity index (χ1n) is 18.7.